The molecule has 0 aliphatic rings. The summed E-state index contributed by atoms with van der Waals surface area (Å²) in [5, 5.41) is 0. The van der Waals surface area contributed by atoms with E-state index in [9.17, 15) is 22.8 Å². The number of sulfone groups is 1. The molecular weight excluding hydrogens is 362 g/mol. The van der Waals surface area contributed by atoms with Crippen molar-refractivity contribution in [3.05, 3.63) is 29.8 Å². The zero-order chi connectivity index (χ0) is 20.1. The largest absolute Gasteiger partial charge is 0.465 e. The van der Waals surface area contributed by atoms with Gasteiger partial charge in [0.15, 0.2) is 15.6 Å². The van der Waals surface area contributed by atoms with Crippen LogP contribution in [0.25, 0.3) is 0 Å². The van der Waals surface area contributed by atoms with Crippen LogP contribution in [0.1, 0.15) is 38.1 Å². The van der Waals surface area contributed by atoms with Gasteiger partial charge in [0.2, 0.25) is 5.92 Å². The lowest BCUT2D eigenvalue weighted by atomic mass is 9.97. The van der Waals surface area contributed by atoms with Gasteiger partial charge in [0.1, 0.15) is 0 Å². The summed E-state index contributed by atoms with van der Waals surface area (Å²) in [5.41, 5.74) is 1.37. The van der Waals surface area contributed by atoms with Crippen LogP contribution < -0.4 is 5.48 Å². The van der Waals surface area contributed by atoms with Crippen LogP contribution in [0.5, 0.6) is 0 Å². The number of carbonyl (C=O) groups is 3. The summed E-state index contributed by atoms with van der Waals surface area (Å²) in [5.74, 6) is -4.56. The van der Waals surface area contributed by atoms with Gasteiger partial charge in [-0.15, -0.1) is 0 Å². The van der Waals surface area contributed by atoms with Crippen molar-refractivity contribution in [1.29, 1.82) is 0 Å². The number of amides is 1. The monoisotopic (exact) mass is 385 g/mol. The second kappa shape index (κ2) is 8.41. The molecule has 1 rings (SSSR count). The summed E-state index contributed by atoms with van der Waals surface area (Å²) in [6.45, 7) is 6.57. The van der Waals surface area contributed by atoms with E-state index in [0.717, 1.165) is 6.26 Å². The van der Waals surface area contributed by atoms with Gasteiger partial charge in [-0.2, -0.15) is 0 Å². The van der Waals surface area contributed by atoms with Gasteiger partial charge in [-0.1, -0.05) is 12.1 Å². The van der Waals surface area contributed by atoms with Crippen molar-refractivity contribution >= 4 is 27.5 Å². The third kappa shape index (κ3) is 6.23. The third-order valence-electron chi connectivity index (χ3n) is 3.07. The number of benzene rings is 1. The second-order valence-electron chi connectivity index (χ2n) is 6.53. The van der Waals surface area contributed by atoms with E-state index in [-0.39, 0.29) is 17.1 Å². The predicted octanol–water partition coefficient (Wildman–Crippen LogP) is 1.30. The van der Waals surface area contributed by atoms with Gasteiger partial charge in [-0.3, -0.25) is 19.2 Å². The fourth-order valence-electron chi connectivity index (χ4n) is 1.85. The lowest BCUT2D eigenvalue weighted by Crippen LogP contribution is -2.44. The summed E-state index contributed by atoms with van der Waals surface area (Å²) in [7, 11) is -3.43. The van der Waals surface area contributed by atoms with E-state index in [2.05, 4.69) is 5.48 Å². The SMILES string of the molecule is CCOC(=O)C(C(=O)NOC(C)(C)C)C(=O)c1ccc(S(C)(=O)=O)cc1. The maximum Gasteiger partial charge on any atom is 0.326 e. The maximum absolute atomic E-state index is 12.6. The van der Waals surface area contributed by atoms with Gasteiger partial charge in [0.05, 0.1) is 17.1 Å². The van der Waals surface area contributed by atoms with Gasteiger partial charge in [0, 0.05) is 11.8 Å². The summed E-state index contributed by atoms with van der Waals surface area (Å²) in [6, 6.07) is 4.94. The Morgan fingerprint density at radius 2 is 1.65 bits per heavy atom. The molecule has 0 saturated heterocycles. The van der Waals surface area contributed by atoms with Crippen molar-refractivity contribution in [2.75, 3.05) is 12.9 Å². The summed E-state index contributed by atoms with van der Waals surface area (Å²) in [6.07, 6.45) is 1.03. The topological polar surface area (TPSA) is 116 Å². The molecule has 8 nitrogen and oxygen atoms in total. The molecule has 26 heavy (non-hydrogen) atoms. The number of ether oxygens (including phenoxy) is 1. The molecule has 0 radical (unpaired) electrons. The van der Waals surface area contributed by atoms with Gasteiger partial charge >= 0.3 is 5.97 Å². The minimum Gasteiger partial charge on any atom is -0.465 e. The van der Waals surface area contributed by atoms with Gasteiger partial charge < -0.3 is 4.74 Å². The number of ketones is 1. The van der Waals surface area contributed by atoms with Crippen LogP contribution in [0.15, 0.2) is 29.2 Å². The molecule has 0 spiro atoms. The van der Waals surface area contributed by atoms with E-state index >= 15 is 0 Å². The van der Waals surface area contributed by atoms with Crippen molar-refractivity contribution < 1.29 is 32.4 Å². The third-order valence-corrected chi connectivity index (χ3v) is 4.20. The Bertz CT molecular complexity index is 776. The molecule has 0 saturated carbocycles. The quantitative estimate of drug-likeness (QED) is 0.325. The Labute approximate surface area is 152 Å². The standard InChI is InChI=1S/C17H23NO7S/c1-6-24-16(21)13(15(20)18-25-17(2,3)4)14(19)11-7-9-12(10-8-11)26(5,22)23/h7-10,13H,6H2,1-5H3,(H,18,20). The van der Waals surface area contributed by atoms with Crippen molar-refractivity contribution in [2.45, 2.75) is 38.2 Å². The van der Waals surface area contributed by atoms with E-state index < -0.39 is 39.0 Å². The molecule has 0 bridgehead atoms. The molecule has 1 aromatic carbocycles. The number of Topliss-reactive ketones (excluding diaryl/α,β-unsaturated/α-hetero) is 1. The Balaban J connectivity index is 3.11. The summed E-state index contributed by atoms with van der Waals surface area (Å²) >= 11 is 0. The molecule has 1 N–H and O–H groups in total. The minimum absolute atomic E-state index is 0.00126. The Kier molecular flexibility index (Phi) is 7.05. The molecule has 0 heterocycles. The number of carbonyl (C=O) groups excluding carboxylic acids is 3. The lowest BCUT2D eigenvalue weighted by molar-refractivity contribution is -0.159. The zero-order valence-electron chi connectivity index (χ0n) is 15.4. The average Bonchev–Trinajstić information content (AvgIpc) is 2.52. The summed E-state index contributed by atoms with van der Waals surface area (Å²) < 4.78 is 27.8. The van der Waals surface area contributed by atoms with Crippen LogP contribution in [-0.4, -0.2) is 44.5 Å². The van der Waals surface area contributed by atoms with Crippen LogP contribution in [0, 0.1) is 5.92 Å². The smallest absolute Gasteiger partial charge is 0.326 e. The lowest BCUT2D eigenvalue weighted by Gasteiger charge is -2.21. The van der Waals surface area contributed by atoms with Crippen LogP contribution in [0.4, 0.5) is 0 Å². The molecule has 1 amide bonds. The molecule has 0 aliphatic carbocycles. The van der Waals surface area contributed by atoms with E-state index in [0.29, 0.717) is 0 Å². The predicted molar refractivity (Wildman–Crippen MR) is 93.0 cm³/mol. The van der Waals surface area contributed by atoms with E-state index in [1.165, 1.54) is 24.3 Å². The highest BCUT2D eigenvalue weighted by Crippen LogP contribution is 2.16. The molecular formula is C17H23NO7S. The van der Waals surface area contributed by atoms with Crippen LogP contribution in [-0.2, 0) is 29.0 Å². The number of hydrogen-bond donors (Lipinski definition) is 1. The number of rotatable bonds is 7. The van der Waals surface area contributed by atoms with Crippen LogP contribution in [0.2, 0.25) is 0 Å². The first-order valence-corrected chi connectivity index (χ1v) is 9.75. The van der Waals surface area contributed by atoms with E-state index in [1.807, 2.05) is 0 Å². The first-order chi connectivity index (χ1) is 11.9. The molecule has 0 fully saturated rings. The maximum atomic E-state index is 12.6. The second-order valence-corrected chi connectivity index (χ2v) is 8.54. The average molecular weight is 385 g/mol. The van der Waals surface area contributed by atoms with E-state index in [4.69, 9.17) is 9.57 Å². The van der Waals surface area contributed by atoms with Gasteiger partial charge in [0.25, 0.3) is 5.91 Å². The van der Waals surface area contributed by atoms with Gasteiger partial charge in [-0.25, -0.2) is 13.9 Å². The fourth-order valence-corrected chi connectivity index (χ4v) is 2.48. The highest BCUT2D eigenvalue weighted by molar-refractivity contribution is 7.90. The molecule has 9 heteroatoms. The van der Waals surface area contributed by atoms with Crippen molar-refractivity contribution in [1.82, 2.24) is 5.48 Å². The molecule has 0 aliphatic heterocycles. The Morgan fingerprint density at radius 3 is 2.08 bits per heavy atom. The molecule has 1 unspecified atom stereocenters. The van der Waals surface area contributed by atoms with Crippen LogP contribution in [0.3, 0.4) is 0 Å². The fraction of sp³-hybridized carbons (Fsp3) is 0.471. The van der Waals surface area contributed by atoms with E-state index in [1.54, 1.807) is 27.7 Å². The zero-order valence-corrected chi connectivity index (χ0v) is 16.2. The van der Waals surface area contributed by atoms with Crippen molar-refractivity contribution in [2.24, 2.45) is 5.92 Å². The Hall–Kier alpha value is -2.26. The first kappa shape index (κ1) is 21.8. The highest BCUT2D eigenvalue weighted by Gasteiger charge is 2.37. The van der Waals surface area contributed by atoms with Crippen molar-refractivity contribution in [3.63, 3.8) is 0 Å². The molecule has 1 atom stereocenters. The van der Waals surface area contributed by atoms with Crippen LogP contribution >= 0.6 is 0 Å². The first-order valence-electron chi connectivity index (χ1n) is 7.85. The molecule has 1 aromatic rings. The number of hydrogen-bond acceptors (Lipinski definition) is 7. The summed E-state index contributed by atoms with van der Waals surface area (Å²) in [4.78, 5) is 42.1. The molecule has 0 aromatic heterocycles. The Morgan fingerprint density at radius 1 is 1.12 bits per heavy atom. The highest BCUT2D eigenvalue weighted by atomic mass is 32.2. The van der Waals surface area contributed by atoms with Gasteiger partial charge in [-0.05, 0) is 39.8 Å². The molecule has 144 valence electrons. The number of nitrogens with one attached hydrogen (secondary N) is 1. The number of esters is 1. The normalized spacial score (nSPS) is 13.0. The minimum atomic E-state index is -3.43. The van der Waals surface area contributed by atoms with Crippen molar-refractivity contribution in [3.8, 4) is 0 Å². The number of hydroxylamine groups is 1.